The maximum absolute atomic E-state index is 13.7. The first-order valence-corrected chi connectivity index (χ1v) is 7.40. The molecule has 2 aliphatic heterocycles. The highest BCUT2D eigenvalue weighted by Gasteiger charge is 2.38. The van der Waals surface area contributed by atoms with Crippen LogP contribution in [0.3, 0.4) is 0 Å². The van der Waals surface area contributed by atoms with Gasteiger partial charge in [-0.15, -0.1) is 0 Å². The first-order chi connectivity index (χ1) is 8.63. The van der Waals surface area contributed by atoms with E-state index in [-0.39, 0.29) is 17.4 Å². The second-order valence-corrected chi connectivity index (χ2v) is 6.88. The Morgan fingerprint density at radius 1 is 1.33 bits per heavy atom. The van der Waals surface area contributed by atoms with E-state index in [2.05, 4.69) is 4.98 Å². The molecule has 3 heterocycles. The van der Waals surface area contributed by atoms with Crippen molar-refractivity contribution in [3.8, 4) is 0 Å². The van der Waals surface area contributed by atoms with Crippen LogP contribution >= 0.6 is 11.8 Å². The highest BCUT2D eigenvalue weighted by Crippen LogP contribution is 2.46. The molecule has 4 heteroatoms. The smallest absolute Gasteiger partial charge is 0.187 e. The summed E-state index contributed by atoms with van der Waals surface area (Å²) in [5, 5.41) is 1.20. The van der Waals surface area contributed by atoms with Crippen molar-refractivity contribution in [2.24, 2.45) is 5.92 Å². The number of carbonyl (C=O) groups is 1. The maximum Gasteiger partial charge on any atom is 0.187 e. The Hall–Kier alpha value is -0.900. The second kappa shape index (κ2) is 4.65. The quantitative estimate of drug-likeness (QED) is 0.768. The molecule has 3 rings (SSSR count). The third-order valence-corrected chi connectivity index (χ3v) is 5.51. The summed E-state index contributed by atoms with van der Waals surface area (Å²) in [5.41, 5.74) is 0.749. The zero-order valence-electron chi connectivity index (χ0n) is 10.4. The molecule has 2 nitrogen and oxygen atoms in total. The van der Waals surface area contributed by atoms with Gasteiger partial charge in [-0.1, -0.05) is 0 Å². The molecule has 96 valence electrons. The number of rotatable bonds is 2. The van der Waals surface area contributed by atoms with Gasteiger partial charge in [0.05, 0.1) is 0 Å². The van der Waals surface area contributed by atoms with Crippen LogP contribution in [0.25, 0.3) is 0 Å². The normalized spacial score (nSPS) is 30.4. The van der Waals surface area contributed by atoms with Crippen LogP contribution < -0.4 is 0 Å². The van der Waals surface area contributed by atoms with Crippen molar-refractivity contribution in [1.82, 2.24) is 4.98 Å². The van der Waals surface area contributed by atoms with E-state index in [0.29, 0.717) is 16.2 Å². The molecule has 2 unspecified atom stereocenters. The second-order valence-electron chi connectivity index (χ2n) is 5.27. The van der Waals surface area contributed by atoms with Crippen LogP contribution in [0.4, 0.5) is 4.39 Å². The molecule has 2 bridgehead atoms. The van der Waals surface area contributed by atoms with Gasteiger partial charge in [0.2, 0.25) is 0 Å². The summed E-state index contributed by atoms with van der Waals surface area (Å²) in [7, 11) is 0. The topological polar surface area (TPSA) is 30.0 Å². The monoisotopic (exact) mass is 265 g/mol. The summed E-state index contributed by atoms with van der Waals surface area (Å²) in [4.78, 5) is 16.5. The SMILES string of the molecule is Cc1ccc(F)c(C(=O)C2CC3CCC(C2)S3)n1. The molecular weight excluding hydrogens is 249 g/mol. The van der Waals surface area contributed by atoms with Crippen LogP contribution in [0, 0.1) is 18.7 Å². The van der Waals surface area contributed by atoms with Crippen molar-refractivity contribution in [1.29, 1.82) is 0 Å². The van der Waals surface area contributed by atoms with E-state index in [1.165, 1.54) is 18.9 Å². The minimum atomic E-state index is -0.476. The van der Waals surface area contributed by atoms with E-state index >= 15 is 0 Å². The summed E-state index contributed by atoms with van der Waals surface area (Å²) < 4.78 is 13.7. The van der Waals surface area contributed by atoms with Crippen LogP contribution in [0.15, 0.2) is 12.1 Å². The number of aromatic nitrogens is 1. The van der Waals surface area contributed by atoms with E-state index in [0.717, 1.165) is 12.8 Å². The molecule has 0 aliphatic carbocycles. The zero-order valence-corrected chi connectivity index (χ0v) is 11.2. The maximum atomic E-state index is 13.7. The summed E-state index contributed by atoms with van der Waals surface area (Å²) in [6.45, 7) is 1.79. The summed E-state index contributed by atoms with van der Waals surface area (Å²) in [5.74, 6) is -0.586. The van der Waals surface area contributed by atoms with E-state index in [1.54, 1.807) is 13.0 Å². The number of pyridine rings is 1. The van der Waals surface area contributed by atoms with E-state index in [4.69, 9.17) is 0 Å². The molecular formula is C14H16FNOS. The van der Waals surface area contributed by atoms with Crippen LogP contribution in [-0.2, 0) is 0 Å². The third kappa shape index (κ3) is 2.18. The summed E-state index contributed by atoms with van der Waals surface area (Å²) in [6.07, 6.45) is 4.22. The fourth-order valence-electron chi connectivity index (χ4n) is 2.98. The first-order valence-electron chi connectivity index (χ1n) is 6.46. The lowest BCUT2D eigenvalue weighted by Gasteiger charge is -2.26. The molecule has 0 amide bonds. The standard InChI is InChI=1S/C14H16FNOS/c1-8-2-5-12(15)13(16-8)14(17)9-6-10-3-4-11(7-9)18-10/h2,5,9-11H,3-4,6-7H2,1H3. The van der Waals surface area contributed by atoms with E-state index in [9.17, 15) is 9.18 Å². The molecule has 2 aliphatic rings. The Kier molecular flexibility index (Phi) is 3.14. The van der Waals surface area contributed by atoms with Crippen molar-refractivity contribution in [3.63, 3.8) is 0 Å². The minimum absolute atomic E-state index is 0.0208. The first kappa shape index (κ1) is 12.2. The van der Waals surface area contributed by atoms with Crippen molar-refractivity contribution in [3.05, 3.63) is 29.3 Å². The molecule has 0 radical (unpaired) electrons. The molecule has 1 aromatic rings. The molecule has 2 saturated heterocycles. The Morgan fingerprint density at radius 3 is 2.67 bits per heavy atom. The largest absolute Gasteiger partial charge is 0.292 e. The number of hydrogen-bond acceptors (Lipinski definition) is 3. The lowest BCUT2D eigenvalue weighted by molar-refractivity contribution is 0.0897. The van der Waals surface area contributed by atoms with Crippen molar-refractivity contribution < 1.29 is 9.18 Å². The fraction of sp³-hybridized carbons (Fsp3) is 0.571. The highest BCUT2D eigenvalue weighted by molar-refractivity contribution is 8.00. The van der Waals surface area contributed by atoms with E-state index in [1.807, 2.05) is 11.8 Å². The van der Waals surface area contributed by atoms with Crippen molar-refractivity contribution in [2.75, 3.05) is 0 Å². The minimum Gasteiger partial charge on any atom is -0.292 e. The predicted molar refractivity (Wildman–Crippen MR) is 70.4 cm³/mol. The molecule has 2 fully saturated rings. The van der Waals surface area contributed by atoms with Crippen molar-refractivity contribution >= 4 is 17.5 Å². The highest BCUT2D eigenvalue weighted by atomic mass is 32.2. The van der Waals surface area contributed by atoms with Crippen LogP contribution in [0.1, 0.15) is 41.9 Å². The fourth-order valence-corrected chi connectivity index (χ4v) is 4.75. The zero-order chi connectivity index (χ0) is 12.7. The lowest BCUT2D eigenvalue weighted by Crippen LogP contribution is -2.26. The molecule has 0 aromatic carbocycles. The van der Waals surface area contributed by atoms with Gasteiger partial charge in [-0.05, 0) is 44.7 Å². The Morgan fingerprint density at radius 2 is 2.00 bits per heavy atom. The van der Waals surface area contributed by atoms with Gasteiger partial charge < -0.3 is 0 Å². The average Bonchev–Trinajstić information content (AvgIpc) is 2.70. The van der Waals surface area contributed by atoms with Gasteiger partial charge in [-0.25, -0.2) is 9.37 Å². The number of thioether (sulfide) groups is 1. The van der Waals surface area contributed by atoms with Crippen LogP contribution in [-0.4, -0.2) is 21.3 Å². The Balaban J connectivity index is 1.84. The molecule has 0 spiro atoms. The van der Waals surface area contributed by atoms with E-state index < -0.39 is 5.82 Å². The molecule has 0 N–H and O–H groups in total. The lowest BCUT2D eigenvalue weighted by atomic mass is 9.92. The Bertz CT molecular complexity index is 479. The van der Waals surface area contributed by atoms with Gasteiger partial charge in [0.1, 0.15) is 5.69 Å². The van der Waals surface area contributed by atoms with Gasteiger partial charge in [0, 0.05) is 22.1 Å². The van der Waals surface area contributed by atoms with Gasteiger partial charge in [0.25, 0.3) is 0 Å². The molecule has 0 saturated carbocycles. The number of halogens is 1. The number of carbonyl (C=O) groups excluding carboxylic acids is 1. The summed E-state index contributed by atoms with van der Waals surface area (Å²) in [6, 6.07) is 2.95. The third-order valence-electron chi connectivity index (χ3n) is 3.88. The summed E-state index contributed by atoms with van der Waals surface area (Å²) >= 11 is 2.01. The number of hydrogen-bond donors (Lipinski definition) is 0. The van der Waals surface area contributed by atoms with Gasteiger partial charge >= 0.3 is 0 Å². The molecule has 1 aromatic heterocycles. The van der Waals surface area contributed by atoms with Crippen molar-refractivity contribution in [2.45, 2.75) is 43.1 Å². The van der Waals surface area contributed by atoms with Gasteiger partial charge in [-0.3, -0.25) is 4.79 Å². The van der Waals surface area contributed by atoms with Gasteiger partial charge in [0.15, 0.2) is 11.6 Å². The number of nitrogens with zero attached hydrogens (tertiary/aromatic N) is 1. The predicted octanol–water partition coefficient (Wildman–Crippen LogP) is 3.39. The average molecular weight is 265 g/mol. The number of Topliss-reactive ketones (excluding diaryl/α,β-unsaturated/α-hetero) is 1. The number of fused-ring (bicyclic) bond motifs is 2. The number of ketones is 1. The number of aryl methyl sites for hydroxylation is 1. The van der Waals surface area contributed by atoms with Crippen LogP contribution in [0.5, 0.6) is 0 Å². The molecule has 2 atom stereocenters. The Labute approximate surface area is 110 Å². The van der Waals surface area contributed by atoms with Gasteiger partial charge in [-0.2, -0.15) is 11.8 Å². The van der Waals surface area contributed by atoms with Crippen LogP contribution in [0.2, 0.25) is 0 Å². The molecule has 18 heavy (non-hydrogen) atoms.